The van der Waals surface area contributed by atoms with Gasteiger partial charge in [-0.2, -0.15) is 8.42 Å². The van der Waals surface area contributed by atoms with Crippen LogP contribution >= 0.6 is 12.3 Å². The first-order chi connectivity index (χ1) is 5.45. The molecule has 0 aliphatic carbocycles. The van der Waals surface area contributed by atoms with E-state index in [1.807, 2.05) is 0 Å². The van der Waals surface area contributed by atoms with Crippen LogP contribution in [0, 0.1) is 0 Å². The molecule has 0 fully saturated rings. The monoisotopic (exact) mass is 224 g/mol. The average molecular weight is 224 g/mol. The Morgan fingerprint density at radius 1 is 1.42 bits per heavy atom. The quantitative estimate of drug-likeness (QED) is 0.195. The third-order valence-corrected chi connectivity index (χ3v) is 0.914. The van der Waals surface area contributed by atoms with Crippen molar-refractivity contribution in [1.29, 1.82) is 0 Å². The van der Waals surface area contributed by atoms with Gasteiger partial charge in [-0.05, 0) is 0 Å². The highest BCUT2D eigenvalue weighted by Gasteiger charge is 2.15. The Kier molecular flexibility index (Phi) is 5.59. The van der Waals surface area contributed by atoms with Gasteiger partial charge in [0.2, 0.25) is 12.3 Å². The van der Waals surface area contributed by atoms with Gasteiger partial charge in [0.1, 0.15) is 5.39 Å². The molecular weight excluding hydrogens is 222 g/mol. The van der Waals surface area contributed by atoms with Crippen molar-refractivity contribution in [2.45, 2.75) is 0 Å². The molecule has 0 rings (SSSR count). The van der Waals surface area contributed by atoms with Gasteiger partial charge in [-0.3, -0.25) is 4.55 Å². The summed E-state index contributed by atoms with van der Waals surface area (Å²) in [6.07, 6.45) is 0. The maximum atomic E-state index is 10.0. The molecule has 0 aromatic rings. The fourth-order valence-electron chi connectivity index (χ4n) is 0.139. The summed E-state index contributed by atoms with van der Waals surface area (Å²) in [6, 6.07) is 0. The zero-order valence-electron chi connectivity index (χ0n) is 5.02. The lowest BCUT2D eigenvalue weighted by molar-refractivity contribution is -0.475. The Morgan fingerprint density at radius 3 is 2.42 bits per heavy atom. The van der Waals surface area contributed by atoms with Crippen LogP contribution in [-0.2, 0) is 33.5 Å². The predicted octanol–water partition coefficient (Wildman–Crippen LogP) is -0.716. The van der Waals surface area contributed by atoms with E-state index in [2.05, 4.69) is 17.9 Å². The fourth-order valence-corrected chi connectivity index (χ4v) is 0.492. The Bertz CT molecular complexity index is 195. The van der Waals surface area contributed by atoms with Crippen molar-refractivity contribution in [3.8, 4) is 0 Å². The van der Waals surface area contributed by atoms with E-state index in [-0.39, 0.29) is 12.3 Å². The number of hydrogen-bond acceptors (Lipinski definition) is 9. The number of hydrogen-bond donors (Lipinski definition) is 2. The maximum Gasteiger partial charge on any atom is 0.417 e. The van der Waals surface area contributed by atoms with Gasteiger partial charge in [-0.25, -0.2) is 5.26 Å². The molecule has 0 aromatic heterocycles. The van der Waals surface area contributed by atoms with E-state index >= 15 is 0 Å². The molecule has 0 aliphatic heterocycles. The van der Waals surface area contributed by atoms with Crippen LogP contribution in [0.25, 0.3) is 0 Å². The van der Waals surface area contributed by atoms with Crippen molar-refractivity contribution >= 4 is 22.7 Å². The first-order valence-electron chi connectivity index (χ1n) is 1.91. The molecule has 1 radical (unpaired) electrons. The van der Waals surface area contributed by atoms with Crippen molar-refractivity contribution in [2.75, 3.05) is 0 Å². The van der Waals surface area contributed by atoms with E-state index < -0.39 is 15.8 Å². The lowest BCUT2D eigenvalue weighted by atomic mass is 13.0. The molecule has 0 unspecified atom stereocenters. The predicted molar refractivity (Wildman–Crippen MR) is 28.6 cm³/mol. The van der Waals surface area contributed by atoms with Crippen molar-refractivity contribution in [2.24, 2.45) is 0 Å². The minimum absolute atomic E-state index is 0.257. The molecule has 2 N–H and O–H groups in total. The van der Waals surface area contributed by atoms with Gasteiger partial charge in [0.25, 0.3) is 0 Å². The topological polar surface area (TPSA) is 135 Å². The summed E-state index contributed by atoms with van der Waals surface area (Å²) in [6.45, 7) is 0. The van der Waals surface area contributed by atoms with E-state index in [1.54, 1.807) is 0 Å². The minimum atomic E-state index is -4.94. The standard InChI is InChI=1S/H2NO9S2/c2-1(7-11-10-9-3)8-12(4,5)6/h3H,(H,4,5,6). The van der Waals surface area contributed by atoms with Crippen molar-refractivity contribution in [3.63, 3.8) is 0 Å². The van der Waals surface area contributed by atoms with Gasteiger partial charge < -0.3 is 0 Å². The van der Waals surface area contributed by atoms with Gasteiger partial charge >= 0.3 is 10.4 Å². The lowest BCUT2D eigenvalue weighted by Gasteiger charge is -2.03. The number of nitrogens with zero attached hydrogens (tertiary/aromatic N) is 1. The van der Waals surface area contributed by atoms with Gasteiger partial charge in [0.05, 0.1) is 0 Å². The highest BCUT2D eigenvalue weighted by molar-refractivity contribution is 7.89. The van der Waals surface area contributed by atoms with Gasteiger partial charge in [0.15, 0.2) is 0 Å². The van der Waals surface area contributed by atoms with Crippen LogP contribution in [0.5, 0.6) is 0 Å². The van der Waals surface area contributed by atoms with Crippen LogP contribution in [0.15, 0.2) is 0 Å². The second-order valence-electron chi connectivity index (χ2n) is 1.01. The van der Waals surface area contributed by atoms with Crippen LogP contribution in [0.2, 0.25) is 0 Å². The molecule has 12 heteroatoms. The summed E-state index contributed by atoms with van der Waals surface area (Å²) in [5, 5.41) is 19.4. The second kappa shape index (κ2) is 5.60. The normalized spacial score (nSPS) is 12.3. The van der Waals surface area contributed by atoms with Crippen LogP contribution in [0.4, 0.5) is 0 Å². The highest BCUT2D eigenvalue weighted by Crippen LogP contribution is 2.07. The molecule has 0 atom stereocenters. The number of rotatable bonds is 6. The van der Waals surface area contributed by atoms with E-state index in [4.69, 9.17) is 9.81 Å². The van der Waals surface area contributed by atoms with Gasteiger partial charge in [-0.15, -0.1) is 8.62 Å². The fraction of sp³-hybridized carbons (Fsp3) is 0. The van der Waals surface area contributed by atoms with Crippen LogP contribution in [-0.4, -0.2) is 23.6 Å². The molecule has 0 heterocycles. The second-order valence-corrected chi connectivity index (χ2v) is 2.44. The third kappa shape index (κ3) is 8.08. The molecule has 12 heavy (non-hydrogen) atoms. The minimum Gasteiger partial charge on any atom is -0.262 e. The highest BCUT2D eigenvalue weighted by atomic mass is 32.3. The Balaban J connectivity index is 3.53. The van der Waals surface area contributed by atoms with Crippen molar-refractivity contribution in [1.82, 2.24) is 5.39 Å². The van der Waals surface area contributed by atoms with E-state index in [0.717, 1.165) is 0 Å². The lowest BCUT2D eigenvalue weighted by Crippen LogP contribution is -2.20. The summed E-state index contributed by atoms with van der Waals surface area (Å²) in [5.41, 5.74) is 0. The first-order valence-corrected chi connectivity index (χ1v) is 3.94. The molecule has 0 aliphatic rings. The molecule has 10 nitrogen and oxygen atoms in total. The molecule has 0 bridgehead atoms. The van der Waals surface area contributed by atoms with Crippen molar-refractivity contribution < 1.29 is 41.4 Å². The first kappa shape index (κ1) is 12.0. The molecule has 0 saturated carbocycles. The maximum absolute atomic E-state index is 10.0. The SMILES string of the molecule is [O]N(OSOOO)OS(=O)(=O)O. The molecule has 0 spiro atoms. The smallest absolute Gasteiger partial charge is 0.262 e. The zero-order valence-corrected chi connectivity index (χ0v) is 6.65. The van der Waals surface area contributed by atoms with Crippen molar-refractivity contribution in [3.05, 3.63) is 0 Å². The summed E-state index contributed by atoms with van der Waals surface area (Å²) in [5.74, 6) is 0. The summed E-state index contributed by atoms with van der Waals surface area (Å²) >= 11 is -0.257. The molecule has 0 saturated heterocycles. The Labute approximate surface area is 70.3 Å². The summed E-state index contributed by atoms with van der Waals surface area (Å²) < 4.78 is 37.5. The molecule has 0 aromatic carbocycles. The largest absolute Gasteiger partial charge is 0.417 e. The third-order valence-electron chi connectivity index (χ3n) is 0.305. The van der Waals surface area contributed by atoms with E-state index in [1.165, 1.54) is 0 Å². The average Bonchev–Trinajstić information content (AvgIpc) is 1.84. The van der Waals surface area contributed by atoms with Gasteiger partial charge in [-0.1, -0.05) is 14.5 Å². The molecule has 0 amide bonds. The van der Waals surface area contributed by atoms with Gasteiger partial charge in [0, 0.05) is 0 Å². The molecular formula is H2NO9S2. The van der Waals surface area contributed by atoms with Crippen LogP contribution in [0.3, 0.4) is 0 Å². The Morgan fingerprint density at radius 2 is 2.00 bits per heavy atom. The Hall–Kier alpha value is -0.0200. The zero-order chi connectivity index (χ0) is 9.61. The van der Waals surface area contributed by atoms with E-state index in [9.17, 15) is 13.6 Å². The molecule has 73 valence electrons. The van der Waals surface area contributed by atoms with Crippen LogP contribution in [0.1, 0.15) is 0 Å². The van der Waals surface area contributed by atoms with Crippen LogP contribution < -0.4 is 0 Å². The summed E-state index contributed by atoms with van der Waals surface area (Å²) in [4.78, 5) is 0. The summed E-state index contributed by atoms with van der Waals surface area (Å²) in [7, 11) is -4.94. The van der Waals surface area contributed by atoms with E-state index in [0.29, 0.717) is 0 Å².